The summed E-state index contributed by atoms with van der Waals surface area (Å²) >= 11 is 0. The summed E-state index contributed by atoms with van der Waals surface area (Å²) in [7, 11) is -2.20. The monoisotopic (exact) mass is 543 g/mol. The predicted octanol–water partition coefficient (Wildman–Crippen LogP) is 4.45. The lowest BCUT2D eigenvalue weighted by atomic mass is 9.95. The molecule has 208 valence electrons. The van der Waals surface area contributed by atoms with Gasteiger partial charge in [-0.15, -0.1) is 0 Å². The Hall–Kier alpha value is -3.07. The highest BCUT2D eigenvalue weighted by Crippen LogP contribution is 2.24. The molecule has 1 aliphatic carbocycles. The average molecular weight is 544 g/mol. The van der Waals surface area contributed by atoms with E-state index in [-0.39, 0.29) is 18.5 Å². The van der Waals surface area contributed by atoms with Crippen LogP contribution in [0.4, 0.5) is 5.69 Å². The maximum Gasteiger partial charge on any atom is 0.244 e. The van der Waals surface area contributed by atoms with Crippen molar-refractivity contribution in [3.05, 3.63) is 59.7 Å². The van der Waals surface area contributed by atoms with E-state index in [9.17, 15) is 18.0 Å². The highest BCUT2D eigenvalue weighted by molar-refractivity contribution is 7.92. The number of hydrogen-bond donors (Lipinski definition) is 1. The van der Waals surface area contributed by atoms with Crippen LogP contribution in [0, 0.1) is 0 Å². The third-order valence-electron chi connectivity index (χ3n) is 7.13. The molecule has 2 aromatic rings. The number of amides is 2. The first-order valence-corrected chi connectivity index (χ1v) is 15.1. The van der Waals surface area contributed by atoms with E-state index in [0.29, 0.717) is 17.4 Å². The van der Waals surface area contributed by atoms with E-state index in [1.54, 1.807) is 32.2 Å². The van der Waals surface area contributed by atoms with E-state index >= 15 is 0 Å². The predicted molar refractivity (Wildman–Crippen MR) is 151 cm³/mol. The molecule has 1 atom stereocenters. The average Bonchev–Trinajstić information content (AvgIpc) is 2.90. The largest absolute Gasteiger partial charge is 0.497 e. The Kier molecular flexibility index (Phi) is 10.2. The molecule has 38 heavy (non-hydrogen) atoms. The van der Waals surface area contributed by atoms with Crippen LogP contribution in [-0.4, -0.2) is 57.1 Å². The molecule has 1 fully saturated rings. The molecule has 2 amide bonds. The minimum Gasteiger partial charge on any atom is -0.497 e. The Balaban J connectivity index is 1.88. The number of ether oxygens (including phenoxy) is 1. The summed E-state index contributed by atoms with van der Waals surface area (Å²) < 4.78 is 32.0. The fourth-order valence-electron chi connectivity index (χ4n) is 4.76. The van der Waals surface area contributed by atoms with Crippen molar-refractivity contribution in [3.8, 4) is 5.75 Å². The van der Waals surface area contributed by atoms with Crippen LogP contribution >= 0.6 is 0 Å². The zero-order valence-electron chi connectivity index (χ0n) is 23.1. The molecule has 1 unspecified atom stereocenters. The Bertz CT molecular complexity index is 1190. The molecule has 1 aliphatic rings. The minimum atomic E-state index is -3.77. The fraction of sp³-hybridized carbons (Fsp3) is 0.517. The van der Waals surface area contributed by atoms with Gasteiger partial charge in [-0.2, -0.15) is 0 Å². The van der Waals surface area contributed by atoms with E-state index in [1.165, 1.54) is 11.3 Å². The molecule has 0 saturated heterocycles. The third-order valence-corrected chi connectivity index (χ3v) is 8.27. The second-order valence-corrected chi connectivity index (χ2v) is 12.3. The lowest BCUT2D eigenvalue weighted by Crippen LogP contribution is -2.52. The Morgan fingerprint density at radius 2 is 1.68 bits per heavy atom. The van der Waals surface area contributed by atoms with Crippen molar-refractivity contribution < 1.29 is 22.7 Å². The van der Waals surface area contributed by atoms with Crippen LogP contribution in [0.3, 0.4) is 0 Å². The lowest BCUT2D eigenvalue weighted by molar-refractivity contribution is -0.139. The minimum absolute atomic E-state index is 0.0967. The van der Waals surface area contributed by atoms with Crippen molar-refractivity contribution in [3.63, 3.8) is 0 Å². The van der Waals surface area contributed by atoms with Crippen LogP contribution in [0.15, 0.2) is 48.5 Å². The molecule has 1 N–H and O–H groups in total. The van der Waals surface area contributed by atoms with Crippen LogP contribution < -0.4 is 14.4 Å². The number of nitrogens with one attached hydrogen (secondary N) is 1. The first-order valence-electron chi connectivity index (χ1n) is 13.3. The molecule has 1 saturated carbocycles. The number of hydrogen-bond acceptors (Lipinski definition) is 5. The van der Waals surface area contributed by atoms with Crippen molar-refractivity contribution >= 4 is 27.5 Å². The SMILES string of the molecule is COc1cccc(CN(C(=O)CN(c2ccc(C(C)C)cc2)S(C)(=O)=O)C(C)C(=O)NC2CCCCC2)c1. The molecule has 0 radical (unpaired) electrons. The Morgan fingerprint density at radius 3 is 2.26 bits per heavy atom. The van der Waals surface area contributed by atoms with Crippen LogP contribution in [-0.2, 0) is 26.2 Å². The molecule has 8 nitrogen and oxygen atoms in total. The van der Waals surface area contributed by atoms with Crippen molar-refractivity contribution in [2.75, 3.05) is 24.2 Å². The molecule has 0 aliphatic heterocycles. The molecule has 0 spiro atoms. The summed E-state index contributed by atoms with van der Waals surface area (Å²) in [5.41, 5.74) is 2.26. The van der Waals surface area contributed by atoms with Crippen molar-refractivity contribution in [2.24, 2.45) is 0 Å². The van der Waals surface area contributed by atoms with Gasteiger partial charge in [-0.1, -0.05) is 57.4 Å². The zero-order chi connectivity index (χ0) is 27.9. The van der Waals surface area contributed by atoms with Crippen LogP contribution in [0.1, 0.15) is 69.9 Å². The van der Waals surface area contributed by atoms with Crippen LogP contribution in [0.25, 0.3) is 0 Å². The first-order chi connectivity index (χ1) is 18.0. The molecule has 0 bridgehead atoms. The molecule has 0 aromatic heterocycles. The fourth-order valence-corrected chi connectivity index (χ4v) is 5.61. The summed E-state index contributed by atoms with van der Waals surface area (Å²) in [4.78, 5) is 28.5. The van der Waals surface area contributed by atoms with Gasteiger partial charge in [0.05, 0.1) is 19.1 Å². The summed E-state index contributed by atoms with van der Waals surface area (Å²) in [6.45, 7) is 5.54. The van der Waals surface area contributed by atoms with Crippen LogP contribution in [0.5, 0.6) is 5.75 Å². The van der Waals surface area contributed by atoms with E-state index < -0.39 is 28.5 Å². The van der Waals surface area contributed by atoms with Gasteiger partial charge in [0, 0.05) is 12.6 Å². The van der Waals surface area contributed by atoms with Crippen molar-refractivity contribution in [1.29, 1.82) is 0 Å². The topological polar surface area (TPSA) is 96.0 Å². The molecule has 9 heteroatoms. The molecule has 3 rings (SSSR count). The molecule has 2 aromatic carbocycles. The summed E-state index contributed by atoms with van der Waals surface area (Å²) in [6, 6.07) is 13.8. The number of anilines is 1. The van der Waals surface area contributed by atoms with E-state index in [2.05, 4.69) is 19.2 Å². The number of benzene rings is 2. The molecular formula is C29H41N3O5S. The first kappa shape index (κ1) is 29.5. The van der Waals surface area contributed by atoms with Gasteiger partial charge in [0.2, 0.25) is 21.8 Å². The lowest BCUT2D eigenvalue weighted by Gasteiger charge is -2.33. The molecule has 0 heterocycles. The number of carbonyl (C=O) groups excluding carboxylic acids is 2. The van der Waals surface area contributed by atoms with Gasteiger partial charge in [0.25, 0.3) is 0 Å². The van der Waals surface area contributed by atoms with Crippen molar-refractivity contribution in [1.82, 2.24) is 10.2 Å². The number of carbonyl (C=O) groups is 2. The maximum atomic E-state index is 13.8. The smallest absolute Gasteiger partial charge is 0.244 e. The number of methoxy groups -OCH3 is 1. The number of rotatable bonds is 11. The van der Waals surface area contributed by atoms with Crippen molar-refractivity contribution in [2.45, 2.75) is 77.4 Å². The summed E-state index contributed by atoms with van der Waals surface area (Å²) in [5.74, 6) is 0.231. The van der Waals surface area contributed by atoms with Gasteiger partial charge < -0.3 is 15.0 Å². The molecular weight excluding hydrogens is 502 g/mol. The highest BCUT2D eigenvalue weighted by atomic mass is 32.2. The quantitative estimate of drug-likeness (QED) is 0.452. The standard InChI is InChI=1S/C29H41N3O5S/c1-21(2)24-14-16-26(17-15-24)32(38(5,35)36)20-28(33)31(19-23-10-9-13-27(18-23)37-4)22(3)29(34)30-25-11-7-6-8-12-25/h9-10,13-18,21-22,25H,6-8,11-12,19-20H2,1-5H3,(H,30,34). The second kappa shape index (κ2) is 13.1. The highest BCUT2D eigenvalue weighted by Gasteiger charge is 2.31. The van der Waals surface area contributed by atoms with Gasteiger partial charge in [0.1, 0.15) is 18.3 Å². The maximum absolute atomic E-state index is 13.8. The number of sulfonamides is 1. The third kappa shape index (κ3) is 7.96. The van der Waals surface area contributed by atoms with E-state index in [1.807, 2.05) is 30.3 Å². The Labute approximate surface area is 227 Å². The normalized spacial score (nSPS) is 15.1. The van der Waals surface area contributed by atoms with Gasteiger partial charge in [-0.3, -0.25) is 13.9 Å². The van der Waals surface area contributed by atoms with E-state index in [0.717, 1.165) is 47.4 Å². The van der Waals surface area contributed by atoms with E-state index in [4.69, 9.17) is 4.74 Å². The zero-order valence-corrected chi connectivity index (χ0v) is 24.0. The van der Waals surface area contributed by atoms with Gasteiger partial charge >= 0.3 is 0 Å². The number of nitrogens with zero attached hydrogens (tertiary/aromatic N) is 2. The van der Waals surface area contributed by atoms with Gasteiger partial charge in [-0.25, -0.2) is 8.42 Å². The second-order valence-electron chi connectivity index (χ2n) is 10.4. The van der Waals surface area contributed by atoms with Gasteiger partial charge in [0.15, 0.2) is 0 Å². The van der Waals surface area contributed by atoms with Gasteiger partial charge in [-0.05, 0) is 61.1 Å². The Morgan fingerprint density at radius 1 is 1.03 bits per heavy atom. The van der Waals surface area contributed by atoms with Crippen LogP contribution in [0.2, 0.25) is 0 Å². The summed E-state index contributed by atoms with van der Waals surface area (Å²) in [6.07, 6.45) is 6.26. The summed E-state index contributed by atoms with van der Waals surface area (Å²) in [5, 5.41) is 3.10.